The van der Waals surface area contributed by atoms with E-state index in [1.807, 2.05) is 24.3 Å². The van der Waals surface area contributed by atoms with Crippen LogP contribution in [0.25, 0.3) is 0 Å². The summed E-state index contributed by atoms with van der Waals surface area (Å²) < 4.78 is 34.5. The minimum absolute atomic E-state index is 0.0000349. The molecular weight excluding hydrogens is 448 g/mol. The molecule has 0 amide bonds. The summed E-state index contributed by atoms with van der Waals surface area (Å²) in [5.41, 5.74) is 3.71. The van der Waals surface area contributed by atoms with E-state index in [0.29, 0.717) is 0 Å². The van der Waals surface area contributed by atoms with Gasteiger partial charge in [0.05, 0.1) is 6.33 Å². The molecule has 0 fully saturated rings. The highest BCUT2D eigenvalue weighted by Gasteiger charge is 2.20. The Bertz CT molecular complexity index is 1180. The van der Waals surface area contributed by atoms with Crippen LogP contribution >= 0.6 is 11.6 Å². The Hall–Kier alpha value is -2.39. The number of hydrogen-bond donors (Lipinski definition) is 2. The van der Waals surface area contributed by atoms with Crippen LogP contribution < -0.4 is 14.8 Å². The fourth-order valence-electron chi connectivity index (χ4n) is 3.91. The molecule has 170 valence electrons. The van der Waals surface area contributed by atoms with Gasteiger partial charge in [0.2, 0.25) is 0 Å². The van der Waals surface area contributed by atoms with E-state index in [9.17, 15) is 8.42 Å². The lowest BCUT2D eigenvalue weighted by atomic mass is 9.94. The van der Waals surface area contributed by atoms with Gasteiger partial charge >= 0.3 is 0 Å². The van der Waals surface area contributed by atoms with Crippen LogP contribution in [0.3, 0.4) is 0 Å². The molecule has 1 aliphatic heterocycles. The summed E-state index contributed by atoms with van der Waals surface area (Å²) in [5, 5.41) is 4.38. The number of fused-ring (bicyclic) bond motifs is 1. The van der Waals surface area contributed by atoms with Gasteiger partial charge < -0.3 is 14.6 Å². The summed E-state index contributed by atoms with van der Waals surface area (Å²) in [6, 6.07) is 14.2. The zero-order valence-electron chi connectivity index (χ0n) is 17.9. The number of aryl methyl sites for hydroxylation is 2. The first kappa shape index (κ1) is 22.8. The van der Waals surface area contributed by atoms with Gasteiger partial charge in [-0.05, 0) is 66.8 Å². The number of ether oxygens (including phenoxy) is 1. The molecule has 1 unspecified atom stereocenters. The van der Waals surface area contributed by atoms with E-state index in [1.165, 1.54) is 29.2 Å². The van der Waals surface area contributed by atoms with Gasteiger partial charge in [-0.2, -0.15) is 0 Å². The molecule has 1 atom stereocenters. The molecule has 2 aromatic carbocycles. The quantitative estimate of drug-likeness (QED) is 0.489. The van der Waals surface area contributed by atoms with Crippen LogP contribution in [0.4, 0.5) is 0 Å². The van der Waals surface area contributed by atoms with Crippen LogP contribution in [-0.2, 0) is 29.9 Å². The van der Waals surface area contributed by atoms with Crippen LogP contribution in [-0.4, -0.2) is 37.7 Å². The molecule has 1 aliphatic rings. The smallest absolute Gasteiger partial charge is 0.259 e. The van der Waals surface area contributed by atoms with Crippen LogP contribution in [0, 0.1) is 0 Å². The molecule has 0 bridgehead atoms. The zero-order valence-corrected chi connectivity index (χ0v) is 19.5. The van der Waals surface area contributed by atoms with Gasteiger partial charge in [-0.1, -0.05) is 29.8 Å². The monoisotopic (exact) mass is 474 g/mol. The molecule has 4 rings (SSSR count). The Morgan fingerprint density at radius 1 is 1.28 bits per heavy atom. The van der Waals surface area contributed by atoms with Crippen LogP contribution in [0.2, 0.25) is 5.02 Å². The number of nitrogens with zero attached hydrogens (tertiary/aromatic N) is 2. The average Bonchev–Trinajstić information content (AvgIpc) is 3.12. The Kier molecular flexibility index (Phi) is 7.15. The summed E-state index contributed by atoms with van der Waals surface area (Å²) in [4.78, 5) is 3.89. The number of benzene rings is 2. The average molecular weight is 475 g/mol. The van der Waals surface area contributed by atoms with Crippen LogP contribution in [0.15, 0.2) is 60.0 Å². The summed E-state index contributed by atoms with van der Waals surface area (Å²) in [7, 11) is -1.92. The molecule has 0 saturated carbocycles. The third kappa shape index (κ3) is 5.69. The van der Waals surface area contributed by atoms with Crippen LogP contribution in [0.5, 0.6) is 5.75 Å². The Morgan fingerprint density at radius 2 is 2.16 bits per heavy atom. The first-order chi connectivity index (χ1) is 15.4. The fraction of sp³-hybridized carbons (Fsp3) is 0.348. The summed E-state index contributed by atoms with van der Waals surface area (Å²) in [6.07, 6.45) is 5.84. The van der Waals surface area contributed by atoms with Crippen molar-refractivity contribution in [3.05, 3.63) is 76.7 Å². The van der Waals surface area contributed by atoms with Crippen molar-refractivity contribution in [2.75, 3.05) is 19.7 Å². The number of imidazole rings is 1. The lowest BCUT2D eigenvalue weighted by molar-refractivity contribution is 0.322. The summed E-state index contributed by atoms with van der Waals surface area (Å²) in [6.45, 7) is 1.32. The molecule has 2 heterocycles. The molecule has 2 N–H and O–H groups in total. The predicted octanol–water partition coefficient (Wildman–Crippen LogP) is 3.25. The fourth-order valence-corrected chi connectivity index (χ4v) is 5.11. The van der Waals surface area contributed by atoms with Gasteiger partial charge in [0.15, 0.2) is 5.03 Å². The van der Waals surface area contributed by atoms with Gasteiger partial charge in [-0.3, -0.25) is 0 Å². The SMILES string of the molecule is Cn1cnc(S(=O)(=O)NCCOc2ccc3c(c2)C(Cc2cccc(Cl)c2)NCCC3)c1. The van der Waals surface area contributed by atoms with Crippen molar-refractivity contribution in [3.63, 3.8) is 0 Å². The lowest BCUT2D eigenvalue weighted by Gasteiger charge is -2.20. The van der Waals surface area contributed by atoms with Crippen molar-refractivity contribution < 1.29 is 13.2 Å². The van der Waals surface area contributed by atoms with Gasteiger partial charge in [-0.15, -0.1) is 0 Å². The molecule has 0 radical (unpaired) electrons. The Labute approximate surface area is 193 Å². The molecule has 0 saturated heterocycles. The molecule has 0 spiro atoms. The summed E-state index contributed by atoms with van der Waals surface area (Å²) >= 11 is 6.17. The van der Waals surface area contributed by atoms with Crippen molar-refractivity contribution in [1.29, 1.82) is 0 Å². The predicted molar refractivity (Wildman–Crippen MR) is 125 cm³/mol. The first-order valence-corrected chi connectivity index (χ1v) is 12.5. The maximum Gasteiger partial charge on any atom is 0.259 e. The van der Waals surface area contributed by atoms with E-state index >= 15 is 0 Å². The molecule has 0 aliphatic carbocycles. The first-order valence-electron chi connectivity index (χ1n) is 10.6. The molecule has 1 aromatic heterocycles. The number of nitrogens with one attached hydrogen (secondary N) is 2. The van der Waals surface area contributed by atoms with E-state index in [-0.39, 0.29) is 24.2 Å². The van der Waals surface area contributed by atoms with Gasteiger partial charge in [0.1, 0.15) is 12.4 Å². The highest BCUT2D eigenvalue weighted by Crippen LogP contribution is 2.30. The largest absolute Gasteiger partial charge is 0.492 e. The Balaban J connectivity index is 1.41. The maximum atomic E-state index is 12.3. The molecule has 7 nitrogen and oxygen atoms in total. The molecule has 9 heteroatoms. The minimum atomic E-state index is -3.64. The van der Waals surface area contributed by atoms with E-state index in [0.717, 1.165) is 36.6 Å². The third-order valence-electron chi connectivity index (χ3n) is 5.45. The number of sulfonamides is 1. The second-order valence-corrected chi connectivity index (χ2v) is 10.1. The van der Waals surface area contributed by atoms with Crippen molar-refractivity contribution >= 4 is 21.6 Å². The van der Waals surface area contributed by atoms with Gasteiger partial charge in [0.25, 0.3) is 10.0 Å². The standard InChI is InChI=1S/C23H27ClN4O3S/c1-28-15-23(26-16-28)32(29,30)27-10-11-31-20-8-7-18-5-3-9-25-22(21(18)14-20)13-17-4-2-6-19(24)12-17/h2,4,6-8,12,14-16,22,25,27H,3,5,9-11,13H2,1H3. The van der Waals surface area contributed by atoms with E-state index in [1.54, 1.807) is 11.6 Å². The number of rotatable bonds is 8. The second kappa shape index (κ2) is 10.0. The normalized spacial score (nSPS) is 16.4. The number of aromatic nitrogens is 2. The third-order valence-corrected chi connectivity index (χ3v) is 7.04. The van der Waals surface area contributed by atoms with Crippen molar-refractivity contribution in [2.45, 2.75) is 30.3 Å². The van der Waals surface area contributed by atoms with Gasteiger partial charge in [0, 0.05) is 30.9 Å². The lowest BCUT2D eigenvalue weighted by Crippen LogP contribution is -2.28. The topological polar surface area (TPSA) is 85.2 Å². The van der Waals surface area contributed by atoms with Crippen molar-refractivity contribution in [3.8, 4) is 5.75 Å². The Morgan fingerprint density at radius 3 is 2.94 bits per heavy atom. The van der Waals surface area contributed by atoms with Crippen LogP contribution in [0.1, 0.15) is 29.2 Å². The van der Waals surface area contributed by atoms with E-state index < -0.39 is 10.0 Å². The highest BCUT2D eigenvalue weighted by molar-refractivity contribution is 7.89. The van der Waals surface area contributed by atoms with E-state index in [4.69, 9.17) is 16.3 Å². The maximum absolute atomic E-state index is 12.3. The molecule has 32 heavy (non-hydrogen) atoms. The number of halogens is 1. The highest BCUT2D eigenvalue weighted by atomic mass is 35.5. The second-order valence-electron chi connectivity index (χ2n) is 7.93. The number of hydrogen-bond acceptors (Lipinski definition) is 5. The van der Waals surface area contributed by atoms with Crippen molar-refractivity contribution in [1.82, 2.24) is 19.6 Å². The molecular formula is C23H27ClN4O3S. The van der Waals surface area contributed by atoms with E-state index in [2.05, 4.69) is 33.2 Å². The summed E-state index contributed by atoms with van der Waals surface area (Å²) in [5.74, 6) is 0.723. The minimum Gasteiger partial charge on any atom is -0.492 e. The molecule has 3 aromatic rings. The zero-order chi connectivity index (χ0) is 22.6. The van der Waals surface area contributed by atoms with Crippen molar-refractivity contribution in [2.24, 2.45) is 7.05 Å². The van der Waals surface area contributed by atoms with Gasteiger partial charge in [-0.25, -0.2) is 18.1 Å².